The Kier molecular flexibility index (Phi) is 2.36. The van der Waals surface area contributed by atoms with Crippen LogP contribution in [0.4, 0.5) is 4.79 Å². The molecule has 2 amide bonds. The zero-order chi connectivity index (χ0) is 10.9. The van der Waals surface area contributed by atoms with E-state index in [0.717, 1.165) is 5.56 Å². The number of nitrogens with zero attached hydrogens (tertiary/aromatic N) is 1. The summed E-state index contributed by atoms with van der Waals surface area (Å²) in [4.78, 5) is 13.1. The van der Waals surface area contributed by atoms with E-state index in [2.05, 4.69) is 5.32 Å². The Hall–Kier alpha value is -1.55. The van der Waals surface area contributed by atoms with Crippen LogP contribution in [0.5, 0.6) is 0 Å². The number of hydrogen-bond acceptors (Lipinski definition) is 1. The van der Waals surface area contributed by atoms with Crippen molar-refractivity contribution >= 4 is 6.03 Å². The Morgan fingerprint density at radius 1 is 1.47 bits per heavy atom. The molecule has 0 spiro atoms. The van der Waals surface area contributed by atoms with Gasteiger partial charge in [0.2, 0.25) is 0 Å². The molecular formula is C11H14N3O-. The number of likely N-dealkylation sites (N-methyl/N-ethyl adjacent to an activating group) is 1. The van der Waals surface area contributed by atoms with Crippen LogP contribution < -0.4 is 5.32 Å². The van der Waals surface area contributed by atoms with Crippen LogP contribution in [-0.4, -0.2) is 31.1 Å². The molecule has 0 radical (unpaired) electrons. The fourth-order valence-electron chi connectivity index (χ4n) is 1.94. The third-order valence-corrected chi connectivity index (χ3v) is 2.83. The fraction of sp³-hybridized carbons (Fsp3) is 0.364. The maximum atomic E-state index is 11.5. The highest BCUT2D eigenvalue weighted by Gasteiger charge is 2.38. The largest absolute Gasteiger partial charge is 0.675 e. The zero-order valence-corrected chi connectivity index (χ0v) is 8.66. The van der Waals surface area contributed by atoms with Gasteiger partial charge in [-0.05, 0) is 5.56 Å². The van der Waals surface area contributed by atoms with Gasteiger partial charge in [0.25, 0.3) is 0 Å². The molecular weight excluding hydrogens is 190 g/mol. The van der Waals surface area contributed by atoms with Gasteiger partial charge in [-0.3, -0.25) is 0 Å². The second-order valence-corrected chi connectivity index (χ2v) is 3.91. The van der Waals surface area contributed by atoms with Crippen molar-refractivity contribution in [3.05, 3.63) is 41.6 Å². The second-order valence-electron chi connectivity index (χ2n) is 3.91. The van der Waals surface area contributed by atoms with Gasteiger partial charge in [0, 0.05) is 13.6 Å². The van der Waals surface area contributed by atoms with Crippen molar-refractivity contribution < 1.29 is 4.79 Å². The van der Waals surface area contributed by atoms with Crippen molar-refractivity contribution in [3.8, 4) is 0 Å². The van der Waals surface area contributed by atoms with Gasteiger partial charge in [-0.1, -0.05) is 30.3 Å². The highest BCUT2D eigenvalue weighted by molar-refractivity contribution is 5.78. The smallest absolute Gasteiger partial charge is 0.317 e. The lowest BCUT2D eigenvalue weighted by Gasteiger charge is -2.31. The summed E-state index contributed by atoms with van der Waals surface area (Å²) in [7, 11) is 1.75. The minimum absolute atomic E-state index is 0.105. The SMILES string of the molecule is CN1CC(C[NH-])(c2ccccc2)NC1=O. The van der Waals surface area contributed by atoms with E-state index >= 15 is 0 Å². The minimum Gasteiger partial charge on any atom is -0.675 e. The summed E-state index contributed by atoms with van der Waals surface area (Å²) < 4.78 is 0. The molecule has 0 saturated carbocycles. The molecule has 0 aromatic heterocycles. The molecule has 1 atom stereocenters. The number of hydrogen-bond donors (Lipinski definition) is 1. The number of carbonyl (C=O) groups excluding carboxylic acids is 1. The molecule has 1 aromatic carbocycles. The van der Waals surface area contributed by atoms with E-state index in [0.29, 0.717) is 6.54 Å². The topological polar surface area (TPSA) is 56.1 Å². The molecule has 1 aliphatic heterocycles. The lowest BCUT2D eigenvalue weighted by molar-refractivity contribution is 0.226. The predicted octanol–water partition coefficient (Wildman–Crippen LogP) is 1.59. The third-order valence-electron chi connectivity index (χ3n) is 2.83. The Labute approximate surface area is 89.1 Å². The maximum absolute atomic E-state index is 11.5. The summed E-state index contributed by atoms with van der Waals surface area (Å²) in [6.45, 7) is 0.715. The molecule has 80 valence electrons. The van der Waals surface area contributed by atoms with Gasteiger partial charge in [-0.15, -0.1) is 6.54 Å². The number of rotatable bonds is 2. The number of amides is 2. The van der Waals surface area contributed by atoms with Gasteiger partial charge >= 0.3 is 6.03 Å². The molecule has 1 aliphatic rings. The van der Waals surface area contributed by atoms with Crippen LogP contribution in [0.25, 0.3) is 5.73 Å². The van der Waals surface area contributed by atoms with Crippen molar-refractivity contribution in [2.45, 2.75) is 5.54 Å². The second kappa shape index (κ2) is 3.55. The number of carbonyl (C=O) groups is 1. The van der Waals surface area contributed by atoms with Crippen molar-refractivity contribution in [2.24, 2.45) is 0 Å². The minimum atomic E-state index is -0.535. The Balaban J connectivity index is 2.36. The van der Waals surface area contributed by atoms with Crippen LogP contribution in [0, 0.1) is 0 Å². The molecule has 15 heavy (non-hydrogen) atoms. The third kappa shape index (κ3) is 1.57. The molecule has 4 heteroatoms. The molecule has 1 unspecified atom stereocenters. The standard InChI is InChI=1S/C11H14N3O/c1-14-8-11(7-12,13-10(14)15)9-5-3-2-4-6-9/h2-6,12H,7-8H2,1H3,(H,13,15)/q-1. The maximum Gasteiger partial charge on any atom is 0.317 e. The van der Waals surface area contributed by atoms with Crippen LogP contribution in [0.3, 0.4) is 0 Å². The first-order valence-corrected chi connectivity index (χ1v) is 4.91. The van der Waals surface area contributed by atoms with E-state index < -0.39 is 5.54 Å². The highest BCUT2D eigenvalue weighted by atomic mass is 16.2. The number of urea groups is 1. The van der Waals surface area contributed by atoms with Gasteiger partial charge in [-0.2, -0.15) is 0 Å². The van der Waals surface area contributed by atoms with Crippen LogP contribution in [0.1, 0.15) is 5.56 Å². The van der Waals surface area contributed by atoms with Crippen molar-refractivity contribution in [2.75, 3.05) is 20.1 Å². The Morgan fingerprint density at radius 3 is 2.60 bits per heavy atom. The predicted molar refractivity (Wildman–Crippen MR) is 58.5 cm³/mol. The lowest BCUT2D eigenvalue weighted by atomic mass is 9.91. The van der Waals surface area contributed by atoms with Crippen LogP contribution in [0.2, 0.25) is 0 Å². The molecule has 1 aromatic rings. The monoisotopic (exact) mass is 204 g/mol. The molecule has 1 saturated heterocycles. The van der Waals surface area contributed by atoms with E-state index in [4.69, 9.17) is 5.73 Å². The molecule has 1 fully saturated rings. The summed E-state index contributed by atoms with van der Waals surface area (Å²) >= 11 is 0. The number of benzene rings is 1. The first-order chi connectivity index (χ1) is 7.18. The fourth-order valence-corrected chi connectivity index (χ4v) is 1.94. The zero-order valence-electron chi connectivity index (χ0n) is 8.66. The Morgan fingerprint density at radius 2 is 2.13 bits per heavy atom. The van der Waals surface area contributed by atoms with Crippen LogP contribution in [0.15, 0.2) is 30.3 Å². The first kappa shape index (κ1) is 9.98. The molecule has 0 aliphatic carbocycles. The van der Waals surface area contributed by atoms with Gasteiger partial charge in [0.15, 0.2) is 0 Å². The molecule has 0 bridgehead atoms. The van der Waals surface area contributed by atoms with E-state index in [1.54, 1.807) is 11.9 Å². The molecule has 1 heterocycles. The average Bonchev–Trinajstić information content (AvgIpc) is 2.57. The quantitative estimate of drug-likeness (QED) is 0.781. The van der Waals surface area contributed by atoms with Gasteiger partial charge in [-0.25, -0.2) is 4.79 Å². The van der Waals surface area contributed by atoms with Crippen LogP contribution >= 0.6 is 0 Å². The van der Waals surface area contributed by atoms with Crippen molar-refractivity contribution in [1.82, 2.24) is 10.2 Å². The summed E-state index contributed by atoms with van der Waals surface area (Å²) in [5.74, 6) is 0. The van der Waals surface area contributed by atoms with Gasteiger partial charge < -0.3 is 16.0 Å². The van der Waals surface area contributed by atoms with E-state index in [-0.39, 0.29) is 12.6 Å². The van der Waals surface area contributed by atoms with E-state index in [1.807, 2.05) is 30.3 Å². The lowest BCUT2D eigenvalue weighted by Crippen LogP contribution is -2.42. The normalized spacial score (nSPS) is 25.5. The van der Waals surface area contributed by atoms with E-state index in [1.165, 1.54) is 0 Å². The average molecular weight is 204 g/mol. The van der Waals surface area contributed by atoms with Crippen LogP contribution in [-0.2, 0) is 5.54 Å². The summed E-state index contributed by atoms with van der Waals surface area (Å²) in [6.07, 6.45) is 0. The molecule has 2 N–H and O–H groups in total. The van der Waals surface area contributed by atoms with Gasteiger partial charge in [0.05, 0.1) is 5.54 Å². The highest BCUT2D eigenvalue weighted by Crippen LogP contribution is 2.26. The van der Waals surface area contributed by atoms with Crippen molar-refractivity contribution in [1.29, 1.82) is 0 Å². The van der Waals surface area contributed by atoms with Gasteiger partial charge in [0.1, 0.15) is 0 Å². The Bertz CT molecular complexity index is 365. The summed E-state index contributed by atoms with van der Waals surface area (Å²) in [5.41, 5.74) is 8.09. The molecule has 2 rings (SSSR count). The summed E-state index contributed by atoms with van der Waals surface area (Å²) in [5, 5.41) is 2.88. The van der Waals surface area contributed by atoms with Crippen molar-refractivity contribution in [3.63, 3.8) is 0 Å². The number of nitrogens with one attached hydrogen (secondary N) is 2. The molecule has 4 nitrogen and oxygen atoms in total. The first-order valence-electron chi connectivity index (χ1n) is 4.91. The summed E-state index contributed by atoms with van der Waals surface area (Å²) in [6, 6.07) is 9.59. The van der Waals surface area contributed by atoms with E-state index in [9.17, 15) is 4.79 Å².